The minimum atomic E-state index is -2.49. The Bertz CT molecular complexity index is 197. The summed E-state index contributed by atoms with van der Waals surface area (Å²) >= 11 is 0. The van der Waals surface area contributed by atoms with Crippen molar-refractivity contribution in [2.24, 2.45) is 0 Å². The number of carboxylic acids is 1. The van der Waals surface area contributed by atoms with Crippen LogP contribution in [0.1, 0.15) is 0 Å². The van der Waals surface area contributed by atoms with Crippen molar-refractivity contribution in [3.05, 3.63) is 12.2 Å². The van der Waals surface area contributed by atoms with Crippen molar-refractivity contribution in [3.63, 3.8) is 0 Å². The molecule has 0 saturated carbocycles. The fraction of sp³-hybridized carbons (Fsp3) is 0.625. The molecule has 0 aliphatic carbocycles. The lowest BCUT2D eigenvalue weighted by Gasteiger charge is -2.18. The zero-order chi connectivity index (χ0) is 11.0. The Labute approximate surface area is 80.4 Å². The maximum atomic E-state index is 11.9. The molecule has 0 atom stereocenters. The second-order valence-corrected chi connectivity index (χ2v) is 2.61. The number of carboxylic acid groups (broad SMARTS) is 1. The van der Waals surface area contributed by atoms with Crippen molar-refractivity contribution in [2.45, 2.75) is 6.43 Å². The van der Waals surface area contributed by atoms with Gasteiger partial charge in [-0.2, -0.15) is 0 Å². The molecule has 0 heterocycles. The molecule has 0 aromatic rings. The van der Waals surface area contributed by atoms with Crippen molar-refractivity contribution >= 4 is 5.97 Å². The fourth-order valence-corrected chi connectivity index (χ4v) is 0.896. The van der Waals surface area contributed by atoms with E-state index in [0.29, 0.717) is 0 Å². The van der Waals surface area contributed by atoms with E-state index in [1.54, 1.807) is 0 Å². The average molecular weight is 209 g/mol. The SMILES string of the molecule is O=C(O)/C=C/CN(CCO)CC(F)F. The van der Waals surface area contributed by atoms with Crippen molar-refractivity contribution in [3.8, 4) is 0 Å². The van der Waals surface area contributed by atoms with Crippen molar-refractivity contribution in [2.75, 3.05) is 26.2 Å². The first kappa shape index (κ1) is 13.0. The molecule has 0 amide bonds. The van der Waals surface area contributed by atoms with Crippen LogP contribution >= 0.6 is 0 Å². The Morgan fingerprint density at radius 1 is 1.50 bits per heavy atom. The van der Waals surface area contributed by atoms with E-state index in [1.165, 1.54) is 11.0 Å². The molecule has 0 aliphatic rings. The normalized spacial score (nSPS) is 11.8. The number of aliphatic hydroxyl groups is 1. The summed E-state index contributed by atoms with van der Waals surface area (Å²) in [6, 6.07) is 0. The highest BCUT2D eigenvalue weighted by atomic mass is 19.3. The van der Waals surface area contributed by atoms with Gasteiger partial charge in [-0.3, -0.25) is 4.90 Å². The van der Waals surface area contributed by atoms with Gasteiger partial charge in [0, 0.05) is 19.2 Å². The summed E-state index contributed by atoms with van der Waals surface area (Å²) < 4.78 is 23.9. The number of alkyl halides is 2. The molecule has 0 aliphatic heterocycles. The van der Waals surface area contributed by atoms with Crippen molar-refractivity contribution in [1.29, 1.82) is 0 Å². The zero-order valence-electron chi connectivity index (χ0n) is 7.57. The quantitative estimate of drug-likeness (QED) is 0.587. The molecule has 6 heteroatoms. The number of nitrogens with zero attached hydrogens (tertiary/aromatic N) is 1. The van der Waals surface area contributed by atoms with Gasteiger partial charge in [-0.15, -0.1) is 0 Å². The maximum absolute atomic E-state index is 11.9. The van der Waals surface area contributed by atoms with Gasteiger partial charge in [-0.05, 0) is 0 Å². The van der Waals surface area contributed by atoms with Gasteiger partial charge in [0.05, 0.1) is 13.2 Å². The van der Waals surface area contributed by atoms with Gasteiger partial charge in [-0.25, -0.2) is 13.6 Å². The van der Waals surface area contributed by atoms with E-state index in [1.807, 2.05) is 0 Å². The molecule has 0 spiro atoms. The van der Waals surface area contributed by atoms with Crippen LogP contribution in [0.3, 0.4) is 0 Å². The van der Waals surface area contributed by atoms with E-state index in [4.69, 9.17) is 10.2 Å². The first-order valence-electron chi connectivity index (χ1n) is 4.07. The Hall–Kier alpha value is -1.01. The lowest BCUT2D eigenvalue weighted by atomic mass is 10.4. The maximum Gasteiger partial charge on any atom is 0.328 e. The predicted octanol–water partition coefficient (Wildman–Crippen LogP) is 0.187. The van der Waals surface area contributed by atoms with Crippen LogP contribution in [-0.2, 0) is 4.79 Å². The molecule has 0 radical (unpaired) electrons. The van der Waals surface area contributed by atoms with Crippen LogP contribution in [0, 0.1) is 0 Å². The summed E-state index contributed by atoms with van der Waals surface area (Å²) in [5.41, 5.74) is 0. The van der Waals surface area contributed by atoms with Crippen LogP contribution in [0.4, 0.5) is 8.78 Å². The predicted molar refractivity (Wildman–Crippen MR) is 46.3 cm³/mol. The summed E-state index contributed by atoms with van der Waals surface area (Å²) in [6.45, 7) is -0.496. The molecule has 4 nitrogen and oxygen atoms in total. The van der Waals surface area contributed by atoms with Crippen LogP contribution in [0.15, 0.2) is 12.2 Å². The van der Waals surface area contributed by atoms with E-state index >= 15 is 0 Å². The highest BCUT2D eigenvalue weighted by Gasteiger charge is 2.09. The van der Waals surface area contributed by atoms with Crippen molar-refractivity contribution in [1.82, 2.24) is 4.90 Å². The van der Waals surface area contributed by atoms with Gasteiger partial charge in [0.15, 0.2) is 0 Å². The van der Waals surface area contributed by atoms with Crippen LogP contribution < -0.4 is 0 Å². The molecule has 0 unspecified atom stereocenters. The second-order valence-electron chi connectivity index (χ2n) is 2.61. The minimum absolute atomic E-state index is 0.0944. The highest BCUT2D eigenvalue weighted by Crippen LogP contribution is 1.97. The Morgan fingerprint density at radius 3 is 2.57 bits per heavy atom. The molecule has 82 valence electrons. The number of hydrogen-bond donors (Lipinski definition) is 2. The highest BCUT2D eigenvalue weighted by molar-refractivity contribution is 5.79. The largest absolute Gasteiger partial charge is 0.478 e. The standard InChI is InChI=1S/C8H13F2NO3/c9-7(10)6-11(4-5-12)3-1-2-8(13)14/h1-2,7,12H,3-6H2,(H,13,14)/b2-1+. The lowest BCUT2D eigenvalue weighted by molar-refractivity contribution is -0.131. The molecule has 0 aromatic heterocycles. The third-order valence-corrected chi connectivity index (χ3v) is 1.44. The molecule has 0 fully saturated rings. The third kappa shape index (κ3) is 7.63. The van der Waals surface area contributed by atoms with E-state index in [0.717, 1.165) is 6.08 Å². The first-order valence-corrected chi connectivity index (χ1v) is 4.07. The molecule has 14 heavy (non-hydrogen) atoms. The molecule has 0 bridgehead atoms. The van der Waals surface area contributed by atoms with Crippen LogP contribution in [0.2, 0.25) is 0 Å². The zero-order valence-corrected chi connectivity index (χ0v) is 7.57. The van der Waals surface area contributed by atoms with Gasteiger partial charge in [-0.1, -0.05) is 6.08 Å². The molecule has 0 rings (SSSR count). The second kappa shape index (κ2) is 7.40. The van der Waals surface area contributed by atoms with Gasteiger partial charge in [0.25, 0.3) is 6.43 Å². The Kier molecular flexibility index (Phi) is 6.87. The van der Waals surface area contributed by atoms with Gasteiger partial charge in [0.1, 0.15) is 0 Å². The lowest BCUT2D eigenvalue weighted by Crippen LogP contribution is -2.31. The summed E-state index contributed by atoms with van der Waals surface area (Å²) in [6.07, 6.45) is -0.337. The van der Waals surface area contributed by atoms with E-state index in [-0.39, 0.29) is 19.7 Å². The van der Waals surface area contributed by atoms with E-state index < -0.39 is 18.9 Å². The van der Waals surface area contributed by atoms with Crippen LogP contribution in [0.5, 0.6) is 0 Å². The number of carbonyl (C=O) groups is 1. The molecular formula is C8H13F2NO3. The molecule has 0 aromatic carbocycles. The Morgan fingerprint density at radius 2 is 2.14 bits per heavy atom. The minimum Gasteiger partial charge on any atom is -0.478 e. The molecule has 0 saturated heterocycles. The number of aliphatic carboxylic acids is 1. The van der Waals surface area contributed by atoms with Gasteiger partial charge in [0.2, 0.25) is 0 Å². The molecular weight excluding hydrogens is 196 g/mol. The Balaban J connectivity index is 3.89. The topological polar surface area (TPSA) is 60.8 Å². The monoisotopic (exact) mass is 209 g/mol. The molecule has 2 N–H and O–H groups in total. The number of rotatable bonds is 7. The smallest absolute Gasteiger partial charge is 0.328 e. The summed E-state index contributed by atoms with van der Waals surface area (Å²) in [4.78, 5) is 11.3. The van der Waals surface area contributed by atoms with Crippen LogP contribution in [0.25, 0.3) is 0 Å². The average Bonchev–Trinajstić information content (AvgIpc) is 2.02. The van der Waals surface area contributed by atoms with Crippen molar-refractivity contribution < 1.29 is 23.8 Å². The van der Waals surface area contributed by atoms with E-state index in [2.05, 4.69) is 0 Å². The fourth-order valence-electron chi connectivity index (χ4n) is 0.896. The van der Waals surface area contributed by atoms with Crippen LogP contribution in [-0.4, -0.2) is 53.7 Å². The van der Waals surface area contributed by atoms with Gasteiger partial charge < -0.3 is 10.2 Å². The van der Waals surface area contributed by atoms with Gasteiger partial charge >= 0.3 is 5.97 Å². The first-order chi connectivity index (χ1) is 6.56. The summed E-state index contributed by atoms with van der Waals surface area (Å²) in [5, 5.41) is 16.8. The van der Waals surface area contributed by atoms with E-state index in [9.17, 15) is 13.6 Å². The summed E-state index contributed by atoms with van der Waals surface area (Å²) in [5.74, 6) is -1.12. The number of halogens is 2. The summed E-state index contributed by atoms with van der Waals surface area (Å²) in [7, 11) is 0. The third-order valence-electron chi connectivity index (χ3n) is 1.44. The number of hydrogen-bond acceptors (Lipinski definition) is 3. The number of aliphatic hydroxyl groups excluding tert-OH is 1.